The van der Waals surface area contributed by atoms with Gasteiger partial charge in [0.1, 0.15) is 15.2 Å². The molecule has 0 bridgehead atoms. The van der Waals surface area contributed by atoms with Crippen LogP contribution in [-0.2, 0) is 30.5 Å². The predicted molar refractivity (Wildman–Crippen MR) is 63.1 cm³/mol. The normalized spacial score (nSPS) is 18.0. The molecule has 1 rings (SSSR count). The summed E-state index contributed by atoms with van der Waals surface area (Å²) in [5.41, 5.74) is 0.951. The molecule has 0 saturated heterocycles. The maximum Gasteiger partial charge on any atom is 0.139 e. The van der Waals surface area contributed by atoms with Gasteiger partial charge in [0.25, 0.3) is 0 Å². The topological polar surface area (TPSA) is 98.7 Å². The van der Waals surface area contributed by atoms with Crippen LogP contribution in [0, 0.1) is 0 Å². The van der Waals surface area contributed by atoms with Crippen LogP contribution in [0.15, 0.2) is 24.3 Å². The molecule has 0 radical (unpaired) electrons. The summed E-state index contributed by atoms with van der Waals surface area (Å²) in [5.74, 6) is 0. The van der Waals surface area contributed by atoms with Gasteiger partial charge >= 0.3 is 0 Å². The fourth-order valence-corrected chi connectivity index (χ4v) is 2.95. The lowest BCUT2D eigenvalue weighted by atomic mass is 10.2. The molecule has 8 heteroatoms. The summed E-state index contributed by atoms with van der Waals surface area (Å²) in [7, 11) is -5.62. The summed E-state index contributed by atoms with van der Waals surface area (Å²) in [5, 5.41) is 0. The average molecular weight is 292 g/mol. The van der Waals surface area contributed by atoms with Gasteiger partial charge in [-0.3, -0.25) is 0 Å². The maximum atomic E-state index is 11.3. The van der Waals surface area contributed by atoms with Crippen molar-refractivity contribution in [3.63, 3.8) is 0 Å². The highest BCUT2D eigenvalue weighted by Crippen LogP contribution is 2.42. The quantitative estimate of drug-likeness (QED) is 0.728. The van der Waals surface area contributed by atoms with Gasteiger partial charge in [0, 0.05) is 26.5 Å². The van der Waals surface area contributed by atoms with Crippen LogP contribution in [0.1, 0.15) is 11.1 Å². The molecule has 0 saturated carbocycles. The number of hydrogen-bond donors (Lipinski definition) is 0. The Morgan fingerprint density at radius 3 is 1.72 bits per heavy atom. The van der Waals surface area contributed by atoms with Crippen molar-refractivity contribution in [1.82, 2.24) is 0 Å². The van der Waals surface area contributed by atoms with Crippen molar-refractivity contribution in [3.05, 3.63) is 35.4 Å². The van der Waals surface area contributed by atoms with E-state index in [0.29, 0.717) is 11.1 Å². The second-order valence-electron chi connectivity index (χ2n) is 3.72. The number of hydrogen-bond acceptors (Lipinski definition) is 6. The van der Waals surface area contributed by atoms with E-state index >= 15 is 0 Å². The Kier molecular flexibility index (Phi) is 5.29. The predicted octanol–water partition coefficient (Wildman–Crippen LogP) is 1.09. The first-order valence-corrected chi connectivity index (χ1v) is 8.53. The zero-order chi connectivity index (χ0) is 13.8. The van der Waals surface area contributed by atoms with E-state index in [1.165, 1.54) is 6.07 Å². The van der Waals surface area contributed by atoms with Gasteiger partial charge in [-0.25, -0.2) is 0 Å². The van der Waals surface area contributed by atoms with Crippen LogP contribution in [-0.4, -0.2) is 14.2 Å². The van der Waals surface area contributed by atoms with Gasteiger partial charge in [0.2, 0.25) is 0 Å². The zero-order valence-corrected chi connectivity index (χ0v) is 11.9. The Balaban J connectivity index is 2.87. The third-order valence-corrected chi connectivity index (χ3v) is 4.92. The van der Waals surface area contributed by atoms with Gasteiger partial charge in [-0.1, -0.05) is 24.3 Å². The van der Waals surface area contributed by atoms with Gasteiger partial charge in [0.05, 0.1) is 0 Å². The Morgan fingerprint density at radius 2 is 1.39 bits per heavy atom. The molecule has 0 aromatic heterocycles. The van der Waals surface area contributed by atoms with Crippen molar-refractivity contribution >= 4 is 15.2 Å². The molecule has 6 nitrogen and oxygen atoms in total. The van der Waals surface area contributed by atoms with E-state index in [2.05, 4.69) is 9.05 Å². The molecule has 0 fully saturated rings. The molecule has 0 aliphatic heterocycles. The lowest BCUT2D eigenvalue weighted by Gasteiger charge is -2.22. The van der Waals surface area contributed by atoms with Crippen molar-refractivity contribution in [3.8, 4) is 0 Å². The third kappa shape index (κ3) is 5.02. The first kappa shape index (κ1) is 15.6. The maximum absolute atomic E-state index is 11.3. The molecule has 0 spiro atoms. The van der Waals surface area contributed by atoms with E-state index in [-0.39, 0.29) is 12.3 Å². The highest BCUT2D eigenvalue weighted by molar-refractivity contribution is 7.50. The Labute approximate surface area is 106 Å². The molecule has 18 heavy (non-hydrogen) atoms. The van der Waals surface area contributed by atoms with Crippen LogP contribution in [0.25, 0.3) is 0 Å². The Bertz CT molecular complexity index is 460. The van der Waals surface area contributed by atoms with Crippen LogP contribution in [0.5, 0.6) is 0 Å². The summed E-state index contributed by atoms with van der Waals surface area (Å²) in [4.78, 5) is 22.6. The Hall–Kier alpha value is -0.480. The van der Waals surface area contributed by atoms with Crippen LogP contribution in [0.2, 0.25) is 0 Å². The van der Waals surface area contributed by atoms with E-state index in [0.717, 1.165) is 14.2 Å². The summed E-state index contributed by atoms with van der Waals surface area (Å²) < 4.78 is 31.3. The second kappa shape index (κ2) is 6.11. The third-order valence-electron chi connectivity index (χ3n) is 2.30. The first-order valence-electron chi connectivity index (χ1n) is 5.07. The fraction of sp³-hybridized carbons (Fsp3) is 0.400. The van der Waals surface area contributed by atoms with Gasteiger partial charge in [-0.2, -0.15) is 0 Å². The molecule has 2 unspecified atom stereocenters. The van der Waals surface area contributed by atoms with Crippen molar-refractivity contribution in [1.29, 1.82) is 0 Å². The molecular weight excluding hydrogens is 278 g/mol. The lowest BCUT2D eigenvalue weighted by Crippen LogP contribution is -2.07. The van der Waals surface area contributed by atoms with Crippen molar-refractivity contribution < 1.29 is 28.0 Å². The van der Waals surface area contributed by atoms with E-state index in [4.69, 9.17) is 0 Å². The molecule has 0 amide bonds. The molecule has 1 aromatic carbocycles. The van der Waals surface area contributed by atoms with Crippen LogP contribution < -0.4 is 9.79 Å². The molecule has 0 aliphatic carbocycles. The first-order chi connectivity index (χ1) is 8.28. The standard InChI is InChI=1S/C10H16O6P2/c1-15-17(11,12)7-9-4-3-5-10(6-9)8-18(13,14)16-2/h3-6H,7-8H2,1-2H3,(H,11,12)(H,13,14)/p-2. The monoisotopic (exact) mass is 292 g/mol. The van der Waals surface area contributed by atoms with Crippen LogP contribution >= 0.6 is 15.2 Å². The summed E-state index contributed by atoms with van der Waals surface area (Å²) in [6.45, 7) is 0. The fourth-order valence-electron chi connectivity index (χ4n) is 1.40. The van der Waals surface area contributed by atoms with Crippen molar-refractivity contribution in [2.24, 2.45) is 0 Å². The zero-order valence-electron chi connectivity index (χ0n) is 10.1. The minimum Gasteiger partial charge on any atom is -0.778 e. The van der Waals surface area contributed by atoms with Crippen LogP contribution in [0.4, 0.5) is 0 Å². The largest absolute Gasteiger partial charge is 0.778 e. The average Bonchev–Trinajstić information content (AvgIpc) is 2.28. The van der Waals surface area contributed by atoms with E-state index < -0.39 is 15.2 Å². The molecule has 0 heterocycles. The van der Waals surface area contributed by atoms with E-state index in [1.807, 2.05) is 0 Å². The molecular formula is C10H14O6P2-2. The smallest absolute Gasteiger partial charge is 0.139 e. The Morgan fingerprint density at radius 1 is 1.00 bits per heavy atom. The highest BCUT2D eigenvalue weighted by atomic mass is 31.2. The van der Waals surface area contributed by atoms with Gasteiger partial charge < -0.3 is 28.0 Å². The molecule has 102 valence electrons. The number of rotatable bonds is 6. The van der Waals surface area contributed by atoms with Gasteiger partial charge in [-0.05, 0) is 11.1 Å². The van der Waals surface area contributed by atoms with Gasteiger partial charge in [0.15, 0.2) is 0 Å². The molecule has 2 atom stereocenters. The summed E-state index contributed by atoms with van der Waals surface area (Å²) >= 11 is 0. The van der Waals surface area contributed by atoms with Gasteiger partial charge in [-0.15, -0.1) is 0 Å². The summed E-state index contributed by atoms with van der Waals surface area (Å²) in [6.07, 6.45) is -0.541. The minimum absolute atomic E-state index is 0.270. The van der Waals surface area contributed by atoms with Crippen LogP contribution in [0.3, 0.4) is 0 Å². The molecule has 0 aliphatic rings. The van der Waals surface area contributed by atoms with E-state index in [9.17, 15) is 18.9 Å². The van der Waals surface area contributed by atoms with Crippen molar-refractivity contribution in [2.75, 3.05) is 14.2 Å². The SMILES string of the molecule is COP(=O)([O-])Cc1cccc(CP(=O)([O-])OC)c1. The second-order valence-corrected chi connectivity index (χ2v) is 7.53. The van der Waals surface area contributed by atoms with E-state index in [1.54, 1.807) is 18.2 Å². The minimum atomic E-state index is -3.90. The lowest BCUT2D eigenvalue weighted by molar-refractivity contribution is -0.198. The molecule has 0 N–H and O–H groups in total. The molecule has 1 aromatic rings. The van der Waals surface area contributed by atoms with Crippen molar-refractivity contribution in [2.45, 2.75) is 12.3 Å². The highest BCUT2D eigenvalue weighted by Gasteiger charge is 2.11. The summed E-state index contributed by atoms with van der Waals surface area (Å²) in [6, 6.07) is 6.29. The number of benzene rings is 1.